The molecule has 1 aliphatic heterocycles. The van der Waals surface area contributed by atoms with E-state index in [9.17, 15) is 9.90 Å². The normalized spacial score (nSPS) is 13.4. The van der Waals surface area contributed by atoms with Gasteiger partial charge in [-0.2, -0.15) is 0 Å². The van der Waals surface area contributed by atoms with Crippen LogP contribution in [0.5, 0.6) is 0 Å². The fourth-order valence-corrected chi connectivity index (χ4v) is 2.85. The van der Waals surface area contributed by atoms with Gasteiger partial charge in [-0.15, -0.1) is 0 Å². The minimum atomic E-state index is -0.896. The zero-order valence-electron chi connectivity index (χ0n) is 10.1. The summed E-state index contributed by atoms with van der Waals surface area (Å²) < 4.78 is 0.886. The number of anilines is 2. The molecule has 0 unspecified atom stereocenters. The van der Waals surface area contributed by atoms with Gasteiger partial charge in [0.1, 0.15) is 0 Å². The maximum Gasteiger partial charge on any atom is 0.337 e. The number of fused-ring (bicyclic) bond motifs is 1. The number of para-hydroxylation sites is 1. The maximum absolute atomic E-state index is 11.4. The number of nitrogens with zero attached hydrogens (tertiary/aromatic N) is 1. The van der Waals surface area contributed by atoms with Crippen LogP contribution in [0.3, 0.4) is 0 Å². The first kappa shape index (κ1) is 12.2. The third kappa shape index (κ3) is 2.12. The summed E-state index contributed by atoms with van der Waals surface area (Å²) >= 11 is 3.41. The molecule has 0 aliphatic carbocycles. The number of hydrogen-bond donors (Lipinski definition) is 1. The van der Waals surface area contributed by atoms with Gasteiger partial charge in [0.25, 0.3) is 0 Å². The summed E-state index contributed by atoms with van der Waals surface area (Å²) in [6.45, 7) is 0.816. The van der Waals surface area contributed by atoms with Crippen molar-refractivity contribution >= 4 is 33.3 Å². The molecule has 1 heterocycles. The topological polar surface area (TPSA) is 40.5 Å². The Hall–Kier alpha value is -1.81. The van der Waals surface area contributed by atoms with Gasteiger partial charge in [0.05, 0.1) is 11.3 Å². The Balaban J connectivity index is 2.13. The lowest BCUT2D eigenvalue weighted by atomic mass is 10.1. The highest BCUT2D eigenvalue weighted by Crippen LogP contribution is 2.37. The molecule has 0 saturated carbocycles. The molecule has 0 fully saturated rings. The number of rotatable bonds is 2. The van der Waals surface area contributed by atoms with Gasteiger partial charge in [0.2, 0.25) is 0 Å². The molecule has 1 N–H and O–H groups in total. The van der Waals surface area contributed by atoms with Crippen LogP contribution in [0.1, 0.15) is 15.9 Å². The van der Waals surface area contributed by atoms with Gasteiger partial charge in [-0.1, -0.05) is 34.1 Å². The molecule has 3 rings (SSSR count). The predicted molar refractivity (Wildman–Crippen MR) is 78.3 cm³/mol. The van der Waals surface area contributed by atoms with E-state index in [1.807, 2.05) is 24.3 Å². The Morgan fingerprint density at radius 3 is 2.74 bits per heavy atom. The van der Waals surface area contributed by atoms with Gasteiger partial charge in [-0.05, 0) is 36.2 Å². The SMILES string of the molecule is O=C(O)c1ccc(Br)cc1N1CCc2ccccc21. The largest absolute Gasteiger partial charge is 0.478 e. The lowest BCUT2D eigenvalue weighted by molar-refractivity contribution is 0.0697. The second-order valence-corrected chi connectivity index (χ2v) is 5.41. The summed E-state index contributed by atoms with van der Waals surface area (Å²) in [6, 6.07) is 13.4. The molecule has 19 heavy (non-hydrogen) atoms. The highest BCUT2D eigenvalue weighted by molar-refractivity contribution is 9.10. The van der Waals surface area contributed by atoms with E-state index in [0.29, 0.717) is 5.56 Å². The summed E-state index contributed by atoms with van der Waals surface area (Å²) in [5, 5.41) is 9.32. The molecule has 4 heteroatoms. The second-order valence-electron chi connectivity index (χ2n) is 4.50. The third-order valence-corrected chi connectivity index (χ3v) is 3.86. The first-order valence-corrected chi connectivity index (χ1v) is 6.84. The average Bonchev–Trinajstić information content (AvgIpc) is 2.82. The summed E-state index contributed by atoms with van der Waals surface area (Å²) in [5.41, 5.74) is 3.44. The second kappa shape index (κ2) is 4.70. The van der Waals surface area contributed by atoms with E-state index < -0.39 is 5.97 Å². The van der Waals surface area contributed by atoms with E-state index in [-0.39, 0.29) is 0 Å². The molecule has 0 spiro atoms. The molecule has 2 aromatic rings. The molecule has 0 saturated heterocycles. The van der Waals surface area contributed by atoms with Crippen molar-refractivity contribution in [3.8, 4) is 0 Å². The highest BCUT2D eigenvalue weighted by Gasteiger charge is 2.24. The van der Waals surface area contributed by atoms with E-state index in [4.69, 9.17) is 0 Å². The predicted octanol–water partition coefficient (Wildman–Crippen LogP) is 3.84. The van der Waals surface area contributed by atoms with Crippen molar-refractivity contribution in [1.82, 2.24) is 0 Å². The molecule has 1 aliphatic rings. The van der Waals surface area contributed by atoms with E-state index in [1.165, 1.54) is 5.56 Å². The van der Waals surface area contributed by atoms with Crippen molar-refractivity contribution in [3.05, 3.63) is 58.1 Å². The van der Waals surface area contributed by atoms with Crippen LogP contribution < -0.4 is 4.90 Å². The summed E-state index contributed by atoms with van der Waals surface area (Å²) in [5.74, 6) is -0.896. The third-order valence-electron chi connectivity index (χ3n) is 3.37. The number of aromatic carboxylic acids is 1. The molecule has 3 nitrogen and oxygen atoms in total. The van der Waals surface area contributed by atoms with Gasteiger partial charge < -0.3 is 10.0 Å². The van der Waals surface area contributed by atoms with Crippen LogP contribution in [0.15, 0.2) is 46.9 Å². The first-order chi connectivity index (χ1) is 9.16. The van der Waals surface area contributed by atoms with Gasteiger partial charge in [-0.25, -0.2) is 4.79 Å². The summed E-state index contributed by atoms with van der Waals surface area (Å²) in [6.07, 6.45) is 0.946. The van der Waals surface area contributed by atoms with Crippen LogP contribution in [0.2, 0.25) is 0 Å². The van der Waals surface area contributed by atoms with Crippen LogP contribution in [0.4, 0.5) is 11.4 Å². The highest BCUT2D eigenvalue weighted by atomic mass is 79.9. The van der Waals surface area contributed by atoms with Crippen molar-refractivity contribution in [1.29, 1.82) is 0 Å². The molecule has 0 atom stereocenters. The molecule has 0 radical (unpaired) electrons. The average molecular weight is 318 g/mol. The van der Waals surface area contributed by atoms with Gasteiger partial charge >= 0.3 is 5.97 Å². The van der Waals surface area contributed by atoms with Crippen molar-refractivity contribution in [2.24, 2.45) is 0 Å². The maximum atomic E-state index is 11.4. The van der Waals surface area contributed by atoms with E-state index >= 15 is 0 Å². The van der Waals surface area contributed by atoms with Crippen LogP contribution >= 0.6 is 15.9 Å². The van der Waals surface area contributed by atoms with Gasteiger partial charge in [-0.3, -0.25) is 0 Å². The lowest BCUT2D eigenvalue weighted by Crippen LogP contribution is -2.17. The Labute approximate surface area is 119 Å². The van der Waals surface area contributed by atoms with Crippen molar-refractivity contribution < 1.29 is 9.90 Å². The summed E-state index contributed by atoms with van der Waals surface area (Å²) in [4.78, 5) is 13.4. The number of hydrogen-bond acceptors (Lipinski definition) is 2. The van der Waals surface area contributed by atoms with Crippen LogP contribution in [-0.4, -0.2) is 17.6 Å². The smallest absolute Gasteiger partial charge is 0.337 e. The van der Waals surface area contributed by atoms with Crippen LogP contribution in [-0.2, 0) is 6.42 Å². The fourth-order valence-electron chi connectivity index (χ4n) is 2.50. The molecule has 0 aromatic heterocycles. The van der Waals surface area contributed by atoms with E-state index in [1.54, 1.807) is 12.1 Å². The number of benzene rings is 2. The number of halogens is 1. The Bertz CT molecular complexity index is 654. The zero-order chi connectivity index (χ0) is 13.4. The molecular weight excluding hydrogens is 306 g/mol. The zero-order valence-corrected chi connectivity index (χ0v) is 11.7. The molecule has 0 bridgehead atoms. The fraction of sp³-hybridized carbons (Fsp3) is 0.133. The number of carboxylic acids is 1. The quantitative estimate of drug-likeness (QED) is 0.914. The first-order valence-electron chi connectivity index (χ1n) is 6.05. The minimum absolute atomic E-state index is 0.333. The number of carbonyl (C=O) groups is 1. The molecule has 0 amide bonds. The minimum Gasteiger partial charge on any atom is -0.478 e. The van der Waals surface area contributed by atoms with E-state index in [2.05, 4.69) is 26.9 Å². The lowest BCUT2D eigenvalue weighted by Gasteiger charge is -2.21. The Morgan fingerprint density at radius 1 is 1.16 bits per heavy atom. The van der Waals surface area contributed by atoms with Crippen molar-refractivity contribution in [2.45, 2.75) is 6.42 Å². The molecule has 96 valence electrons. The monoisotopic (exact) mass is 317 g/mol. The van der Waals surface area contributed by atoms with Gasteiger partial charge in [0, 0.05) is 16.7 Å². The molecule has 2 aromatic carbocycles. The standard InChI is InChI=1S/C15H12BrNO2/c16-11-5-6-12(15(18)19)14(9-11)17-8-7-10-3-1-2-4-13(10)17/h1-6,9H,7-8H2,(H,18,19). The van der Waals surface area contributed by atoms with Crippen molar-refractivity contribution in [2.75, 3.05) is 11.4 Å². The molecular formula is C15H12BrNO2. The van der Waals surface area contributed by atoms with Crippen molar-refractivity contribution in [3.63, 3.8) is 0 Å². The summed E-state index contributed by atoms with van der Waals surface area (Å²) in [7, 11) is 0. The Morgan fingerprint density at radius 2 is 1.95 bits per heavy atom. The van der Waals surface area contributed by atoms with E-state index in [0.717, 1.165) is 28.8 Å². The number of carboxylic acid groups (broad SMARTS) is 1. The Kier molecular flexibility index (Phi) is 3.03. The van der Waals surface area contributed by atoms with Gasteiger partial charge in [0.15, 0.2) is 0 Å². The van der Waals surface area contributed by atoms with Crippen LogP contribution in [0.25, 0.3) is 0 Å². The van der Waals surface area contributed by atoms with Crippen LogP contribution in [0, 0.1) is 0 Å².